The summed E-state index contributed by atoms with van der Waals surface area (Å²) in [6, 6.07) is 41.4. The number of anilines is 4. The maximum Gasteiger partial charge on any atom is 0.0408 e. The number of rotatable bonds is 4. The molecule has 0 aliphatic rings. The lowest BCUT2D eigenvalue weighted by atomic mass is 10.2. The van der Waals surface area contributed by atoms with E-state index in [-0.39, 0.29) is 0 Å². The molecule has 0 saturated heterocycles. The van der Waals surface area contributed by atoms with Crippen molar-refractivity contribution in [2.24, 2.45) is 0 Å². The summed E-state index contributed by atoms with van der Waals surface area (Å²) in [7, 11) is 4.15. The molecular formula is C42H74N2. The molecule has 0 amide bonds. The standard InChI is InChI=1S/2C13H13N.8C2H6/c2*1-14(12-8-4-2-5-9-12)13-10-6-3-7-11-13;8*1-2/h2*2-11H,1H3;8*1-2H3. The van der Waals surface area contributed by atoms with Crippen molar-refractivity contribution in [2.75, 3.05) is 23.9 Å². The Morgan fingerprint density at radius 1 is 0.227 bits per heavy atom. The van der Waals surface area contributed by atoms with Crippen LogP contribution in [0.25, 0.3) is 0 Å². The van der Waals surface area contributed by atoms with Crippen LogP contribution in [0.1, 0.15) is 111 Å². The van der Waals surface area contributed by atoms with Gasteiger partial charge in [0.15, 0.2) is 0 Å². The zero-order valence-electron chi connectivity index (χ0n) is 32.4. The van der Waals surface area contributed by atoms with Gasteiger partial charge >= 0.3 is 0 Å². The zero-order valence-corrected chi connectivity index (χ0v) is 32.4. The Labute approximate surface area is 278 Å². The number of nitrogens with zero attached hydrogens (tertiary/aromatic N) is 2. The Morgan fingerprint density at radius 3 is 0.455 bits per heavy atom. The van der Waals surface area contributed by atoms with Crippen molar-refractivity contribution in [3.63, 3.8) is 0 Å². The molecule has 0 fully saturated rings. The topological polar surface area (TPSA) is 6.48 Å². The minimum atomic E-state index is 1.21. The fraction of sp³-hybridized carbons (Fsp3) is 0.429. The van der Waals surface area contributed by atoms with Gasteiger partial charge in [-0.1, -0.05) is 184 Å². The summed E-state index contributed by atoms with van der Waals surface area (Å²) in [4.78, 5) is 4.33. The van der Waals surface area contributed by atoms with Gasteiger partial charge in [-0.25, -0.2) is 0 Å². The first kappa shape index (κ1) is 53.1. The van der Waals surface area contributed by atoms with E-state index in [1.54, 1.807) is 0 Å². The fourth-order valence-electron chi connectivity index (χ4n) is 2.90. The number of hydrogen-bond donors (Lipinski definition) is 0. The van der Waals surface area contributed by atoms with Gasteiger partial charge in [0.25, 0.3) is 0 Å². The van der Waals surface area contributed by atoms with Crippen LogP contribution in [0.2, 0.25) is 0 Å². The third-order valence-electron chi connectivity index (χ3n) is 4.57. The molecule has 0 aliphatic heterocycles. The monoisotopic (exact) mass is 607 g/mol. The van der Waals surface area contributed by atoms with E-state index in [2.05, 4.69) is 121 Å². The second-order valence-electron chi connectivity index (χ2n) is 6.46. The molecule has 2 nitrogen and oxygen atoms in total. The number of para-hydroxylation sites is 4. The number of hydrogen-bond acceptors (Lipinski definition) is 2. The molecule has 0 bridgehead atoms. The average Bonchev–Trinajstić information content (AvgIpc) is 3.19. The Bertz CT molecular complexity index is 764. The van der Waals surface area contributed by atoms with Gasteiger partial charge in [-0.05, 0) is 48.5 Å². The van der Waals surface area contributed by atoms with Crippen molar-refractivity contribution in [3.05, 3.63) is 121 Å². The molecule has 44 heavy (non-hydrogen) atoms. The molecule has 0 N–H and O–H groups in total. The van der Waals surface area contributed by atoms with Crippen LogP contribution in [-0.4, -0.2) is 14.1 Å². The van der Waals surface area contributed by atoms with E-state index < -0.39 is 0 Å². The van der Waals surface area contributed by atoms with Gasteiger partial charge in [-0.15, -0.1) is 0 Å². The van der Waals surface area contributed by atoms with Gasteiger partial charge in [-0.3, -0.25) is 0 Å². The van der Waals surface area contributed by atoms with E-state index in [1.165, 1.54) is 22.7 Å². The Morgan fingerprint density at radius 2 is 0.341 bits per heavy atom. The summed E-state index contributed by atoms with van der Waals surface area (Å²) in [5, 5.41) is 0. The van der Waals surface area contributed by atoms with E-state index >= 15 is 0 Å². The summed E-state index contributed by atoms with van der Waals surface area (Å²) >= 11 is 0. The van der Waals surface area contributed by atoms with Crippen molar-refractivity contribution in [2.45, 2.75) is 111 Å². The van der Waals surface area contributed by atoms with Crippen molar-refractivity contribution < 1.29 is 0 Å². The zero-order chi connectivity index (χ0) is 35.6. The normalized spacial score (nSPS) is 7.32. The van der Waals surface area contributed by atoms with Crippen molar-refractivity contribution in [3.8, 4) is 0 Å². The summed E-state index contributed by atoms with van der Waals surface area (Å²) in [5.41, 5.74) is 4.83. The van der Waals surface area contributed by atoms with Crippen molar-refractivity contribution in [1.29, 1.82) is 0 Å². The van der Waals surface area contributed by atoms with Crippen LogP contribution >= 0.6 is 0 Å². The fourth-order valence-corrected chi connectivity index (χ4v) is 2.90. The van der Waals surface area contributed by atoms with E-state index in [9.17, 15) is 0 Å². The van der Waals surface area contributed by atoms with Crippen LogP contribution in [0.5, 0.6) is 0 Å². The Hall–Kier alpha value is -3.52. The van der Waals surface area contributed by atoms with Gasteiger partial charge in [-0.2, -0.15) is 0 Å². The molecule has 0 aliphatic carbocycles. The minimum absolute atomic E-state index is 1.21. The van der Waals surface area contributed by atoms with E-state index in [1.807, 2.05) is 135 Å². The lowest BCUT2D eigenvalue weighted by molar-refractivity contribution is 1.21. The summed E-state index contributed by atoms with van der Waals surface area (Å²) < 4.78 is 0. The predicted octanol–water partition coefficient (Wildman–Crippen LogP) is 15.1. The largest absolute Gasteiger partial charge is 0.345 e. The van der Waals surface area contributed by atoms with Gasteiger partial charge in [0.2, 0.25) is 0 Å². The lowest BCUT2D eigenvalue weighted by Crippen LogP contribution is -2.08. The molecule has 2 heteroatoms. The van der Waals surface area contributed by atoms with Crippen molar-refractivity contribution >= 4 is 22.7 Å². The molecular weight excluding hydrogens is 532 g/mol. The maximum atomic E-state index is 2.17. The first-order valence-corrected chi connectivity index (χ1v) is 17.4. The van der Waals surface area contributed by atoms with Crippen LogP contribution in [0.15, 0.2) is 121 Å². The highest BCUT2D eigenvalue weighted by Gasteiger charge is 2.01. The molecule has 0 unspecified atom stereocenters. The van der Waals surface area contributed by atoms with Crippen LogP contribution < -0.4 is 9.80 Å². The van der Waals surface area contributed by atoms with E-state index in [4.69, 9.17) is 0 Å². The summed E-state index contributed by atoms with van der Waals surface area (Å²) in [5.74, 6) is 0. The second kappa shape index (κ2) is 49.2. The molecule has 0 heterocycles. The first-order chi connectivity index (χ1) is 21.8. The predicted molar refractivity (Wildman–Crippen MR) is 213 cm³/mol. The maximum absolute atomic E-state index is 2.17. The summed E-state index contributed by atoms with van der Waals surface area (Å²) in [6.07, 6.45) is 0. The second-order valence-corrected chi connectivity index (χ2v) is 6.46. The van der Waals surface area contributed by atoms with E-state index in [0.29, 0.717) is 0 Å². The third-order valence-corrected chi connectivity index (χ3v) is 4.57. The third kappa shape index (κ3) is 27.3. The highest BCUT2D eigenvalue weighted by atomic mass is 15.1. The molecule has 0 atom stereocenters. The number of benzene rings is 4. The quantitative estimate of drug-likeness (QED) is 0.228. The smallest absolute Gasteiger partial charge is 0.0408 e. The molecule has 0 spiro atoms. The highest BCUT2D eigenvalue weighted by molar-refractivity contribution is 5.62. The van der Waals surface area contributed by atoms with Crippen molar-refractivity contribution in [1.82, 2.24) is 0 Å². The molecule has 0 aromatic heterocycles. The average molecular weight is 607 g/mol. The van der Waals surface area contributed by atoms with Gasteiger partial charge in [0, 0.05) is 36.8 Å². The molecule has 0 saturated carbocycles. The van der Waals surface area contributed by atoms with Crippen LogP contribution in [-0.2, 0) is 0 Å². The first-order valence-electron chi connectivity index (χ1n) is 17.4. The molecule has 4 aromatic rings. The van der Waals surface area contributed by atoms with E-state index in [0.717, 1.165) is 0 Å². The van der Waals surface area contributed by atoms with Gasteiger partial charge < -0.3 is 9.80 Å². The molecule has 4 rings (SSSR count). The van der Waals surface area contributed by atoms with Gasteiger partial charge in [0.05, 0.1) is 0 Å². The highest BCUT2D eigenvalue weighted by Crippen LogP contribution is 2.22. The lowest BCUT2D eigenvalue weighted by Gasteiger charge is -2.18. The Kier molecular flexibility index (Phi) is 59.3. The van der Waals surface area contributed by atoms with Crippen LogP contribution in [0.3, 0.4) is 0 Å². The molecule has 0 radical (unpaired) electrons. The molecule has 4 aromatic carbocycles. The summed E-state index contributed by atoms with van der Waals surface area (Å²) in [6.45, 7) is 32.0. The SMILES string of the molecule is CC.CC.CC.CC.CC.CC.CC.CC.CN(c1ccccc1)c1ccccc1.CN(c1ccccc1)c1ccccc1. The minimum Gasteiger partial charge on any atom is -0.345 e. The van der Waals surface area contributed by atoms with Crippen LogP contribution in [0, 0.1) is 0 Å². The van der Waals surface area contributed by atoms with Crippen LogP contribution in [0.4, 0.5) is 22.7 Å². The molecule has 252 valence electrons. The Balaban J connectivity index is -0.000000113. The van der Waals surface area contributed by atoms with Gasteiger partial charge in [0.1, 0.15) is 0 Å².